The predicted molar refractivity (Wildman–Crippen MR) is 117 cm³/mol. The van der Waals surface area contributed by atoms with Crippen molar-refractivity contribution in [2.24, 2.45) is 4.99 Å². The van der Waals surface area contributed by atoms with Crippen LogP contribution in [0.1, 0.15) is 23.2 Å². The summed E-state index contributed by atoms with van der Waals surface area (Å²) in [6.07, 6.45) is 2.85. The molecule has 152 valence electrons. The van der Waals surface area contributed by atoms with E-state index in [2.05, 4.69) is 59.8 Å². The molecule has 0 amide bonds. The monoisotopic (exact) mass is 401 g/mol. The summed E-state index contributed by atoms with van der Waals surface area (Å²) in [4.78, 5) is 18.3. The van der Waals surface area contributed by atoms with Crippen molar-refractivity contribution < 1.29 is 0 Å². The summed E-state index contributed by atoms with van der Waals surface area (Å²) in [5.41, 5.74) is 2.28. The predicted octanol–water partition coefficient (Wildman–Crippen LogP) is 1.90. The number of aromatic nitrogens is 2. The van der Waals surface area contributed by atoms with Gasteiger partial charge in [0.15, 0.2) is 5.96 Å². The molecular formula is C20H31N7S. The molecule has 0 saturated carbocycles. The summed E-state index contributed by atoms with van der Waals surface area (Å²) >= 11 is 1.69. The van der Waals surface area contributed by atoms with Gasteiger partial charge in [-0.15, -0.1) is 11.3 Å². The van der Waals surface area contributed by atoms with Crippen LogP contribution in [-0.4, -0.2) is 67.1 Å². The summed E-state index contributed by atoms with van der Waals surface area (Å²) in [7, 11) is 1.79. The lowest BCUT2D eigenvalue weighted by atomic mass is 10.2. The highest BCUT2D eigenvalue weighted by atomic mass is 32.1. The van der Waals surface area contributed by atoms with Gasteiger partial charge in [-0.1, -0.05) is 13.0 Å². The molecule has 3 rings (SSSR count). The fraction of sp³-hybridized carbons (Fsp3) is 0.550. The zero-order valence-electron chi connectivity index (χ0n) is 17.1. The van der Waals surface area contributed by atoms with Gasteiger partial charge in [0.25, 0.3) is 0 Å². The van der Waals surface area contributed by atoms with Gasteiger partial charge in [-0.3, -0.25) is 4.99 Å². The van der Waals surface area contributed by atoms with Crippen LogP contribution in [0.3, 0.4) is 0 Å². The number of hydrogen-bond acceptors (Lipinski definition) is 6. The van der Waals surface area contributed by atoms with Gasteiger partial charge in [0.2, 0.25) is 0 Å². The number of pyridine rings is 1. The number of guanidine groups is 1. The Kier molecular flexibility index (Phi) is 7.62. The molecule has 0 unspecified atom stereocenters. The van der Waals surface area contributed by atoms with Gasteiger partial charge >= 0.3 is 0 Å². The number of hydrogen-bond donors (Lipinski definition) is 2. The lowest BCUT2D eigenvalue weighted by Crippen LogP contribution is -2.46. The van der Waals surface area contributed by atoms with Gasteiger partial charge in [-0.25, -0.2) is 9.97 Å². The van der Waals surface area contributed by atoms with Crippen molar-refractivity contribution in [3.8, 4) is 0 Å². The molecule has 2 aromatic heterocycles. The first-order valence-corrected chi connectivity index (χ1v) is 10.8. The zero-order chi connectivity index (χ0) is 19.8. The molecule has 2 aromatic rings. The topological polar surface area (TPSA) is 68.7 Å². The number of piperazine rings is 1. The normalized spacial score (nSPS) is 15.7. The highest BCUT2D eigenvalue weighted by molar-refractivity contribution is 7.09. The number of aliphatic imine (C=N–C) groups is 1. The summed E-state index contributed by atoms with van der Waals surface area (Å²) in [5.74, 6) is 1.87. The fourth-order valence-electron chi connectivity index (χ4n) is 3.24. The minimum absolute atomic E-state index is 0.701. The van der Waals surface area contributed by atoms with Crippen LogP contribution in [0.15, 0.2) is 28.7 Å². The molecule has 1 saturated heterocycles. The van der Waals surface area contributed by atoms with Crippen molar-refractivity contribution in [2.45, 2.75) is 26.8 Å². The summed E-state index contributed by atoms with van der Waals surface area (Å²) in [6.45, 7) is 11.2. The van der Waals surface area contributed by atoms with E-state index in [1.807, 2.05) is 13.1 Å². The maximum atomic E-state index is 4.66. The quantitative estimate of drug-likeness (QED) is 0.546. The Balaban J connectivity index is 1.42. The van der Waals surface area contributed by atoms with Crippen LogP contribution in [0.5, 0.6) is 0 Å². The molecule has 7 nitrogen and oxygen atoms in total. The van der Waals surface area contributed by atoms with Crippen molar-refractivity contribution in [3.63, 3.8) is 0 Å². The number of anilines is 1. The summed E-state index contributed by atoms with van der Waals surface area (Å²) < 4.78 is 0. The third-order valence-electron chi connectivity index (χ3n) is 4.98. The number of likely N-dealkylation sites (N-methyl/N-ethyl adjacent to an activating group) is 1. The molecule has 0 atom stereocenters. The number of aryl methyl sites for hydroxylation is 1. The van der Waals surface area contributed by atoms with Gasteiger partial charge in [0, 0.05) is 64.3 Å². The first kappa shape index (κ1) is 20.5. The van der Waals surface area contributed by atoms with Crippen molar-refractivity contribution in [1.29, 1.82) is 0 Å². The largest absolute Gasteiger partial charge is 0.356 e. The molecule has 28 heavy (non-hydrogen) atoms. The Morgan fingerprint density at radius 3 is 2.64 bits per heavy atom. The van der Waals surface area contributed by atoms with E-state index in [1.165, 1.54) is 0 Å². The Morgan fingerprint density at radius 1 is 1.21 bits per heavy atom. The first-order valence-electron chi connectivity index (χ1n) is 9.95. The van der Waals surface area contributed by atoms with E-state index in [0.29, 0.717) is 6.54 Å². The number of thiazole rings is 1. The average Bonchev–Trinajstić information content (AvgIpc) is 3.16. The molecule has 0 bridgehead atoms. The van der Waals surface area contributed by atoms with Gasteiger partial charge in [-0.05, 0) is 25.1 Å². The van der Waals surface area contributed by atoms with Crippen molar-refractivity contribution in [2.75, 3.05) is 51.2 Å². The van der Waals surface area contributed by atoms with Gasteiger partial charge in [-0.2, -0.15) is 0 Å². The van der Waals surface area contributed by atoms with Gasteiger partial charge in [0.05, 0.1) is 10.7 Å². The molecule has 3 heterocycles. The van der Waals surface area contributed by atoms with E-state index >= 15 is 0 Å². The van der Waals surface area contributed by atoms with Crippen LogP contribution in [-0.2, 0) is 13.0 Å². The highest BCUT2D eigenvalue weighted by Crippen LogP contribution is 2.14. The summed E-state index contributed by atoms with van der Waals surface area (Å²) in [6, 6.07) is 4.27. The van der Waals surface area contributed by atoms with Crippen LogP contribution in [0.2, 0.25) is 0 Å². The third kappa shape index (κ3) is 5.90. The Labute approximate surface area is 171 Å². The molecule has 0 aliphatic carbocycles. The average molecular weight is 402 g/mol. The lowest BCUT2D eigenvalue weighted by molar-refractivity contribution is 0.270. The fourth-order valence-corrected chi connectivity index (χ4v) is 3.89. The minimum atomic E-state index is 0.701. The van der Waals surface area contributed by atoms with Crippen molar-refractivity contribution in [1.82, 2.24) is 25.5 Å². The number of nitrogens with one attached hydrogen (secondary N) is 2. The van der Waals surface area contributed by atoms with Crippen molar-refractivity contribution in [3.05, 3.63) is 40.0 Å². The van der Waals surface area contributed by atoms with Crippen LogP contribution in [0.25, 0.3) is 0 Å². The standard InChI is InChI=1S/C20H31N7S/c1-4-26-9-11-27(12-10-26)19-6-5-17(13-23-19)14-24-20(21-3)22-8-7-18-15-28-16(2)25-18/h5-6,13,15H,4,7-12,14H2,1-3H3,(H2,21,22,24). The third-order valence-corrected chi connectivity index (χ3v) is 5.80. The number of nitrogens with zero attached hydrogens (tertiary/aromatic N) is 5. The smallest absolute Gasteiger partial charge is 0.191 e. The maximum Gasteiger partial charge on any atom is 0.191 e. The minimum Gasteiger partial charge on any atom is -0.356 e. The summed E-state index contributed by atoms with van der Waals surface area (Å²) in [5, 5.41) is 9.92. The molecule has 0 radical (unpaired) electrons. The number of rotatable bonds is 7. The Bertz CT molecular complexity index is 748. The molecule has 0 aromatic carbocycles. The van der Waals surface area contributed by atoms with Crippen LogP contribution < -0.4 is 15.5 Å². The molecule has 1 aliphatic rings. The Morgan fingerprint density at radius 2 is 2.04 bits per heavy atom. The second-order valence-electron chi connectivity index (χ2n) is 6.91. The molecular weight excluding hydrogens is 370 g/mol. The maximum absolute atomic E-state index is 4.66. The van der Waals surface area contributed by atoms with Gasteiger partial charge in [0.1, 0.15) is 5.82 Å². The van der Waals surface area contributed by atoms with E-state index in [-0.39, 0.29) is 0 Å². The SMILES string of the molecule is CCN1CCN(c2ccc(CNC(=NC)NCCc3csc(C)n3)cn2)CC1. The van der Waals surface area contributed by atoms with Crippen LogP contribution in [0, 0.1) is 6.92 Å². The zero-order valence-corrected chi connectivity index (χ0v) is 17.9. The van der Waals surface area contributed by atoms with Crippen LogP contribution in [0.4, 0.5) is 5.82 Å². The van der Waals surface area contributed by atoms with E-state index < -0.39 is 0 Å². The van der Waals surface area contributed by atoms with Gasteiger partial charge < -0.3 is 20.4 Å². The molecule has 2 N–H and O–H groups in total. The lowest BCUT2D eigenvalue weighted by Gasteiger charge is -2.34. The van der Waals surface area contributed by atoms with E-state index in [4.69, 9.17) is 0 Å². The first-order chi connectivity index (χ1) is 13.7. The van der Waals surface area contributed by atoms with E-state index in [9.17, 15) is 0 Å². The molecule has 1 fully saturated rings. The Hall–Kier alpha value is -2.19. The second-order valence-corrected chi connectivity index (χ2v) is 7.97. The van der Waals surface area contributed by atoms with Crippen molar-refractivity contribution >= 4 is 23.1 Å². The molecule has 0 spiro atoms. The van der Waals surface area contributed by atoms with E-state index in [1.54, 1.807) is 18.4 Å². The molecule has 1 aliphatic heterocycles. The van der Waals surface area contributed by atoms with Crippen LogP contribution >= 0.6 is 11.3 Å². The second kappa shape index (κ2) is 10.4. The molecule has 8 heteroatoms. The highest BCUT2D eigenvalue weighted by Gasteiger charge is 2.16. The van der Waals surface area contributed by atoms with E-state index in [0.717, 1.165) is 73.7 Å².